The lowest BCUT2D eigenvalue weighted by molar-refractivity contribution is 1.32. The lowest BCUT2D eigenvalue weighted by Gasteiger charge is -2.06. The zero-order valence-electron chi connectivity index (χ0n) is 7.35. The van der Waals surface area contributed by atoms with Crippen molar-refractivity contribution < 1.29 is 0 Å². The number of halogens is 2. The molecule has 1 nitrogen and oxygen atoms in total. The van der Waals surface area contributed by atoms with E-state index in [0.29, 0.717) is 0 Å². The molecule has 1 N–H and O–H groups in total. The van der Waals surface area contributed by atoms with E-state index in [1.165, 1.54) is 11.1 Å². The van der Waals surface area contributed by atoms with Gasteiger partial charge in [-0.25, -0.2) is 0 Å². The number of anilines is 1. The Kier molecular flexibility index (Phi) is 4.33. The van der Waals surface area contributed by atoms with Crippen molar-refractivity contribution in [3.05, 3.63) is 39.8 Å². The van der Waals surface area contributed by atoms with Crippen molar-refractivity contribution in [1.29, 1.82) is 0 Å². The van der Waals surface area contributed by atoms with Crippen LogP contribution in [-0.4, -0.2) is 6.54 Å². The first-order chi connectivity index (χ1) is 6.24. The second kappa shape index (κ2) is 5.30. The van der Waals surface area contributed by atoms with Gasteiger partial charge in [0.2, 0.25) is 0 Å². The van der Waals surface area contributed by atoms with Crippen molar-refractivity contribution in [3.63, 3.8) is 0 Å². The van der Waals surface area contributed by atoms with Crippen LogP contribution >= 0.6 is 27.5 Å². The zero-order chi connectivity index (χ0) is 9.68. The molecular formula is C10H11BrClN. The predicted octanol–water partition coefficient (Wildman–Crippen LogP) is 3.92. The van der Waals surface area contributed by atoms with Crippen LogP contribution in [0.4, 0.5) is 5.69 Å². The fourth-order valence-corrected chi connectivity index (χ4v) is 1.70. The molecule has 0 spiro atoms. The van der Waals surface area contributed by atoms with Crippen molar-refractivity contribution in [3.8, 4) is 0 Å². The number of hydrogen-bond acceptors (Lipinski definition) is 1. The van der Waals surface area contributed by atoms with Gasteiger partial charge in [0.1, 0.15) is 0 Å². The molecule has 0 aliphatic rings. The van der Waals surface area contributed by atoms with Gasteiger partial charge in [-0.15, -0.1) is 0 Å². The van der Waals surface area contributed by atoms with Gasteiger partial charge >= 0.3 is 0 Å². The summed E-state index contributed by atoms with van der Waals surface area (Å²) >= 11 is 8.88. The monoisotopic (exact) mass is 259 g/mol. The minimum Gasteiger partial charge on any atom is -0.381 e. The topological polar surface area (TPSA) is 12.0 Å². The lowest BCUT2D eigenvalue weighted by atomic mass is 10.2. The third-order valence-corrected chi connectivity index (χ3v) is 2.46. The van der Waals surface area contributed by atoms with E-state index >= 15 is 0 Å². The van der Waals surface area contributed by atoms with Crippen molar-refractivity contribution in [1.82, 2.24) is 0 Å². The van der Waals surface area contributed by atoms with Crippen LogP contribution in [0.3, 0.4) is 0 Å². The van der Waals surface area contributed by atoms with E-state index < -0.39 is 0 Å². The largest absolute Gasteiger partial charge is 0.381 e. The van der Waals surface area contributed by atoms with Gasteiger partial charge in [-0.3, -0.25) is 0 Å². The number of nitrogens with one attached hydrogen (secondary N) is 1. The van der Waals surface area contributed by atoms with E-state index in [1.54, 1.807) is 0 Å². The Labute approximate surface area is 91.9 Å². The second-order valence-corrected chi connectivity index (χ2v) is 3.83. The van der Waals surface area contributed by atoms with Gasteiger partial charge in [0, 0.05) is 22.2 Å². The summed E-state index contributed by atoms with van der Waals surface area (Å²) in [5, 5.41) is 3.22. The number of rotatable bonds is 3. The van der Waals surface area contributed by atoms with Crippen LogP contribution in [0.15, 0.2) is 34.3 Å². The molecule has 0 saturated carbocycles. The third-order valence-electron chi connectivity index (χ3n) is 1.62. The highest BCUT2D eigenvalue weighted by molar-refractivity contribution is 9.10. The highest BCUT2D eigenvalue weighted by Gasteiger charge is 1.96. The maximum absolute atomic E-state index is 5.40. The highest BCUT2D eigenvalue weighted by Crippen LogP contribution is 2.22. The molecule has 1 aromatic carbocycles. The van der Waals surface area contributed by atoms with Crippen molar-refractivity contribution in [2.45, 2.75) is 6.92 Å². The number of hydrogen-bond donors (Lipinski definition) is 1. The van der Waals surface area contributed by atoms with Crippen molar-refractivity contribution in [2.75, 3.05) is 11.9 Å². The Morgan fingerprint density at radius 3 is 2.92 bits per heavy atom. The summed E-state index contributed by atoms with van der Waals surface area (Å²) in [6, 6.07) is 6.19. The summed E-state index contributed by atoms with van der Waals surface area (Å²) in [6.45, 7) is 2.80. The van der Waals surface area contributed by atoms with E-state index in [-0.39, 0.29) is 0 Å². The Morgan fingerprint density at radius 2 is 2.31 bits per heavy atom. The van der Waals surface area contributed by atoms with Gasteiger partial charge in [-0.2, -0.15) is 0 Å². The van der Waals surface area contributed by atoms with Crippen LogP contribution in [0.25, 0.3) is 0 Å². The molecule has 0 heterocycles. The van der Waals surface area contributed by atoms with Gasteiger partial charge in [0.15, 0.2) is 0 Å². The van der Waals surface area contributed by atoms with E-state index in [1.807, 2.05) is 12.1 Å². The molecule has 1 aromatic rings. The summed E-state index contributed by atoms with van der Waals surface area (Å²) in [5.41, 5.74) is 3.83. The average molecular weight is 261 g/mol. The quantitative estimate of drug-likeness (QED) is 0.868. The standard InChI is InChI=1S/C10H11BrClN/c1-8-3-4-10(9(11)7-8)13-6-2-5-12/h2-5,7,13H,6H2,1H3/b5-2+. The van der Waals surface area contributed by atoms with Gasteiger partial charge in [0.25, 0.3) is 0 Å². The van der Waals surface area contributed by atoms with Gasteiger partial charge < -0.3 is 5.32 Å². The first-order valence-corrected chi connectivity index (χ1v) is 5.22. The maximum Gasteiger partial charge on any atom is 0.0487 e. The van der Waals surface area contributed by atoms with Crippen molar-refractivity contribution >= 4 is 33.2 Å². The summed E-state index contributed by atoms with van der Waals surface area (Å²) in [4.78, 5) is 0. The molecule has 0 fully saturated rings. The van der Waals surface area contributed by atoms with Crippen LogP contribution in [0.2, 0.25) is 0 Å². The van der Waals surface area contributed by atoms with Crippen LogP contribution in [-0.2, 0) is 0 Å². The number of benzene rings is 1. The summed E-state index contributed by atoms with van der Waals surface area (Å²) in [6.07, 6.45) is 1.86. The number of aryl methyl sites for hydroxylation is 1. The molecule has 70 valence electrons. The van der Waals surface area contributed by atoms with Crippen LogP contribution in [0.1, 0.15) is 5.56 Å². The summed E-state index contributed by atoms with van der Waals surface area (Å²) in [5.74, 6) is 0. The molecule has 0 saturated heterocycles. The smallest absolute Gasteiger partial charge is 0.0487 e. The molecule has 0 aromatic heterocycles. The first kappa shape index (κ1) is 10.6. The average Bonchev–Trinajstić information content (AvgIpc) is 2.09. The molecule has 0 aliphatic carbocycles. The molecule has 3 heteroatoms. The predicted molar refractivity (Wildman–Crippen MR) is 62.4 cm³/mol. The fraction of sp³-hybridized carbons (Fsp3) is 0.200. The zero-order valence-corrected chi connectivity index (χ0v) is 9.69. The third kappa shape index (κ3) is 3.41. The molecule has 0 unspecified atom stereocenters. The molecular weight excluding hydrogens is 249 g/mol. The summed E-state index contributed by atoms with van der Waals surface area (Å²) < 4.78 is 1.08. The molecule has 0 radical (unpaired) electrons. The molecule has 13 heavy (non-hydrogen) atoms. The summed E-state index contributed by atoms with van der Waals surface area (Å²) in [7, 11) is 0. The Balaban J connectivity index is 2.66. The van der Waals surface area contributed by atoms with Gasteiger partial charge in [0.05, 0.1) is 0 Å². The maximum atomic E-state index is 5.40. The molecule has 0 aliphatic heterocycles. The van der Waals surface area contributed by atoms with Crippen LogP contribution < -0.4 is 5.32 Å². The van der Waals surface area contributed by atoms with E-state index in [4.69, 9.17) is 11.6 Å². The second-order valence-electron chi connectivity index (χ2n) is 2.73. The van der Waals surface area contributed by atoms with Crippen LogP contribution in [0.5, 0.6) is 0 Å². The SMILES string of the molecule is Cc1ccc(NC/C=C/Cl)c(Br)c1. The Hall–Kier alpha value is -0.470. The molecule has 0 atom stereocenters. The molecule has 0 bridgehead atoms. The van der Waals surface area contributed by atoms with E-state index in [9.17, 15) is 0 Å². The Bertz CT molecular complexity index is 310. The fourth-order valence-electron chi connectivity index (χ4n) is 0.977. The minimum absolute atomic E-state index is 0.741. The Morgan fingerprint density at radius 1 is 1.54 bits per heavy atom. The minimum atomic E-state index is 0.741. The van der Waals surface area contributed by atoms with Gasteiger partial charge in [-0.1, -0.05) is 23.7 Å². The normalized spacial score (nSPS) is 10.7. The van der Waals surface area contributed by atoms with E-state index in [2.05, 4.69) is 40.3 Å². The van der Waals surface area contributed by atoms with Gasteiger partial charge in [-0.05, 0) is 40.5 Å². The first-order valence-electron chi connectivity index (χ1n) is 3.99. The molecule has 0 amide bonds. The lowest BCUT2D eigenvalue weighted by Crippen LogP contribution is -1.98. The highest BCUT2D eigenvalue weighted by atomic mass is 79.9. The van der Waals surface area contributed by atoms with E-state index in [0.717, 1.165) is 16.7 Å². The molecule has 1 rings (SSSR count). The van der Waals surface area contributed by atoms with Crippen molar-refractivity contribution in [2.24, 2.45) is 0 Å². The van der Waals surface area contributed by atoms with Crippen LogP contribution in [0, 0.1) is 6.92 Å².